The lowest BCUT2D eigenvalue weighted by molar-refractivity contribution is -0.239. The minimum absolute atomic E-state index is 0.0117. The first-order chi connectivity index (χ1) is 14.9. The standard InChI is InChI=1S/C21H19F3I2O6/c1-30-16(27)13-3-12(25)4-14(26)15(13)31-17(28)19-5-10-2-11(6-19)8-20(7-10,9-19)32-18(29)21(22,23)24/h3-4,10-11H,2,5-9H2,1H3. The van der Waals surface area contributed by atoms with Gasteiger partial charge >= 0.3 is 24.1 Å². The number of methoxy groups -OCH3 is 1. The van der Waals surface area contributed by atoms with Crippen LogP contribution < -0.4 is 4.74 Å². The van der Waals surface area contributed by atoms with Crippen molar-refractivity contribution in [3.8, 4) is 5.75 Å². The fourth-order valence-corrected chi connectivity index (χ4v) is 7.87. The Morgan fingerprint density at radius 2 is 1.69 bits per heavy atom. The first kappa shape index (κ1) is 24.0. The SMILES string of the molecule is COC(=O)c1cc(I)cc(I)c1OC(=O)C12CC3CC(CC(OC(=O)C(F)(F)F)(C3)C1)C2. The van der Waals surface area contributed by atoms with Crippen molar-refractivity contribution < 1.29 is 41.8 Å². The molecule has 0 amide bonds. The molecule has 5 rings (SSSR count). The average molecular weight is 678 g/mol. The largest absolute Gasteiger partial charge is 0.490 e. The van der Waals surface area contributed by atoms with E-state index in [0.29, 0.717) is 29.3 Å². The summed E-state index contributed by atoms with van der Waals surface area (Å²) in [6.45, 7) is 0. The van der Waals surface area contributed by atoms with Crippen molar-refractivity contribution in [1.29, 1.82) is 0 Å². The maximum atomic E-state index is 13.4. The Kier molecular flexibility index (Phi) is 6.21. The summed E-state index contributed by atoms with van der Waals surface area (Å²) < 4.78 is 55.5. The summed E-state index contributed by atoms with van der Waals surface area (Å²) in [4.78, 5) is 37.3. The Morgan fingerprint density at radius 1 is 1.06 bits per heavy atom. The molecule has 4 aliphatic rings. The summed E-state index contributed by atoms with van der Waals surface area (Å²) in [7, 11) is 1.22. The fourth-order valence-electron chi connectivity index (χ4n) is 5.92. The maximum Gasteiger partial charge on any atom is 0.490 e. The van der Waals surface area contributed by atoms with Gasteiger partial charge in [0.25, 0.3) is 0 Å². The second kappa shape index (κ2) is 8.27. The second-order valence-corrected chi connectivity index (χ2v) is 11.4. The van der Waals surface area contributed by atoms with Crippen LogP contribution in [0, 0.1) is 24.4 Å². The molecule has 4 aliphatic carbocycles. The van der Waals surface area contributed by atoms with E-state index in [1.807, 2.05) is 45.2 Å². The molecule has 174 valence electrons. The van der Waals surface area contributed by atoms with Crippen molar-refractivity contribution in [3.05, 3.63) is 24.8 Å². The first-order valence-corrected chi connectivity index (χ1v) is 12.1. The highest BCUT2D eigenvalue weighted by Gasteiger charge is 2.64. The summed E-state index contributed by atoms with van der Waals surface area (Å²) in [5.74, 6) is -3.47. The Hall–Kier alpha value is -1.12. The van der Waals surface area contributed by atoms with Gasteiger partial charge in [-0.3, -0.25) is 4.79 Å². The molecule has 6 nitrogen and oxygen atoms in total. The molecule has 4 saturated carbocycles. The van der Waals surface area contributed by atoms with Gasteiger partial charge in [0.1, 0.15) is 11.2 Å². The number of carbonyl (C=O) groups is 3. The van der Waals surface area contributed by atoms with Crippen molar-refractivity contribution in [3.63, 3.8) is 0 Å². The highest BCUT2D eigenvalue weighted by atomic mass is 127. The third-order valence-electron chi connectivity index (χ3n) is 6.59. The van der Waals surface area contributed by atoms with Gasteiger partial charge < -0.3 is 14.2 Å². The number of alkyl halides is 3. The second-order valence-electron chi connectivity index (χ2n) is 8.96. The fraction of sp³-hybridized carbons (Fsp3) is 0.571. The van der Waals surface area contributed by atoms with E-state index in [1.54, 1.807) is 12.1 Å². The molecular weight excluding hydrogens is 659 g/mol. The molecule has 4 fully saturated rings. The van der Waals surface area contributed by atoms with Crippen LogP contribution in [0.25, 0.3) is 0 Å². The molecule has 4 bridgehead atoms. The van der Waals surface area contributed by atoms with Gasteiger partial charge in [0, 0.05) is 9.99 Å². The van der Waals surface area contributed by atoms with Gasteiger partial charge in [-0.25, -0.2) is 9.59 Å². The van der Waals surface area contributed by atoms with E-state index in [2.05, 4.69) is 0 Å². The van der Waals surface area contributed by atoms with E-state index in [4.69, 9.17) is 14.2 Å². The Balaban J connectivity index is 1.64. The molecule has 1 aromatic rings. The molecule has 32 heavy (non-hydrogen) atoms. The summed E-state index contributed by atoms with van der Waals surface area (Å²) in [6, 6.07) is 3.28. The van der Waals surface area contributed by atoms with Crippen molar-refractivity contribution >= 4 is 63.1 Å². The number of benzene rings is 1. The quantitative estimate of drug-likeness (QED) is 0.253. The van der Waals surface area contributed by atoms with Crippen molar-refractivity contribution in [2.75, 3.05) is 7.11 Å². The number of carbonyl (C=O) groups excluding carboxylic acids is 3. The van der Waals surface area contributed by atoms with E-state index in [9.17, 15) is 27.6 Å². The third-order valence-corrected chi connectivity index (χ3v) is 8.01. The topological polar surface area (TPSA) is 78.9 Å². The van der Waals surface area contributed by atoms with E-state index in [1.165, 1.54) is 7.11 Å². The van der Waals surface area contributed by atoms with Gasteiger partial charge in [-0.2, -0.15) is 13.2 Å². The zero-order chi connectivity index (χ0) is 23.5. The highest BCUT2D eigenvalue weighted by molar-refractivity contribution is 14.1. The lowest BCUT2D eigenvalue weighted by Crippen LogP contribution is -2.61. The summed E-state index contributed by atoms with van der Waals surface area (Å²) in [5.41, 5.74) is -2.28. The van der Waals surface area contributed by atoms with Gasteiger partial charge in [-0.1, -0.05) is 0 Å². The van der Waals surface area contributed by atoms with E-state index >= 15 is 0 Å². The van der Waals surface area contributed by atoms with E-state index in [0.717, 1.165) is 9.99 Å². The number of halogens is 5. The molecule has 0 N–H and O–H groups in total. The third kappa shape index (κ3) is 4.34. The van der Waals surface area contributed by atoms with Gasteiger partial charge in [0.2, 0.25) is 0 Å². The predicted octanol–water partition coefficient (Wildman–Crippen LogP) is 5.03. The highest BCUT2D eigenvalue weighted by Crippen LogP contribution is 2.63. The maximum absolute atomic E-state index is 13.4. The summed E-state index contributed by atoms with van der Waals surface area (Å²) >= 11 is 3.99. The monoisotopic (exact) mass is 678 g/mol. The van der Waals surface area contributed by atoms with Crippen molar-refractivity contribution in [1.82, 2.24) is 0 Å². The van der Waals surface area contributed by atoms with Crippen LogP contribution in [0.2, 0.25) is 0 Å². The Morgan fingerprint density at radius 3 is 2.25 bits per heavy atom. The van der Waals surface area contributed by atoms with Crippen LogP contribution >= 0.6 is 45.2 Å². The zero-order valence-corrected chi connectivity index (χ0v) is 21.2. The van der Waals surface area contributed by atoms with E-state index in [-0.39, 0.29) is 29.6 Å². The van der Waals surface area contributed by atoms with Gasteiger partial charge in [-0.15, -0.1) is 0 Å². The van der Waals surface area contributed by atoms with Gasteiger partial charge in [-0.05, 0) is 101 Å². The molecule has 0 aromatic heterocycles. The predicted molar refractivity (Wildman–Crippen MR) is 121 cm³/mol. The lowest BCUT2D eigenvalue weighted by atomic mass is 9.48. The summed E-state index contributed by atoms with van der Waals surface area (Å²) in [6.07, 6.45) is -2.77. The zero-order valence-electron chi connectivity index (χ0n) is 16.9. The molecule has 2 unspecified atom stereocenters. The smallest absolute Gasteiger partial charge is 0.465 e. The van der Waals surface area contributed by atoms with Crippen LogP contribution in [0.4, 0.5) is 13.2 Å². The summed E-state index contributed by atoms with van der Waals surface area (Å²) in [5, 5.41) is 0. The van der Waals surface area contributed by atoms with Crippen LogP contribution in [0.3, 0.4) is 0 Å². The number of rotatable bonds is 4. The number of ether oxygens (including phenoxy) is 3. The minimum atomic E-state index is -5.09. The molecular formula is C21H19F3I2O6. The van der Waals surface area contributed by atoms with Crippen LogP contribution in [0.5, 0.6) is 5.75 Å². The van der Waals surface area contributed by atoms with Gasteiger partial charge in [0.15, 0.2) is 5.75 Å². The van der Waals surface area contributed by atoms with Gasteiger partial charge in [0.05, 0.1) is 16.1 Å². The molecule has 0 heterocycles. The molecule has 0 aliphatic heterocycles. The van der Waals surface area contributed by atoms with Crippen LogP contribution in [-0.4, -0.2) is 36.8 Å². The number of hydrogen-bond donors (Lipinski definition) is 0. The molecule has 0 spiro atoms. The molecule has 2 atom stereocenters. The van der Waals surface area contributed by atoms with Crippen molar-refractivity contribution in [2.45, 2.75) is 50.3 Å². The molecule has 0 saturated heterocycles. The minimum Gasteiger partial charge on any atom is -0.465 e. The molecule has 0 radical (unpaired) electrons. The Bertz CT molecular complexity index is 978. The number of hydrogen-bond acceptors (Lipinski definition) is 6. The first-order valence-electron chi connectivity index (χ1n) is 9.96. The van der Waals surface area contributed by atoms with E-state index < -0.39 is 35.1 Å². The van der Waals surface area contributed by atoms with Crippen LogP contribution in [-0.2, 0) is 19.1 Å². The van der Waals surface area contributed by atoms with Crippen molar-refractivity contribution in [2.24, 2.45) is 17.3 Å². The normalized spacial score (nSPS) is 30.7. The van der Waals surface area contributed by atoms with Crippen LogP contribution in [0.1, 0.15) is 48.9 Å². The van der Waals surface area contributed by atoms with Crippen LogP contribution in [0.15, 0.2) is 12.1 Å². The lowest BCUT2D eigenvalue weighted by Gasteiger charge is -2.59. The molecule has 11 heteroatoms. The average Bonchev–Trinajstić information content (AvgIpc) is 2.66. The molecule has 1 aromatic carbocycles. The Labute approximate surface area is 209 Å². The number of esters is 3.